The fourth-order valence-electron chi connectivity index (χ4n) is 2.61. The van der Waals surface area contributed by atoms with Gasteiger partial charge in [0.15, 0.2) is 0 Å². The zero-order valence-electron chi connectivity index (χ0n) is 10.1. The summed E-state index contributed by atoms with van der Waals surface area (Å²) < 4.78 is 5.34. The van der Waals surface area contributed by atoms with Crippen molar-refractivity contribution in [2.45, 2.75) is 44.2 Å². The maximum absolute atomic E-state index is 12.2. The third-order valence-electron chi connectivity index (χ3n) is 3.63. The van der Waals surface area contributed by atoms with Gasteiger partial charge in [0, 0.05) is 20.2 Å². The van der Waals surface area contributed by atoms with Crippen LogP contribution in [0.3, 0.4) is 0 Å². The van der Waals surface area contributed by atoms with Gasteiger partial charge in [-0.15, -0.1) is 0 Å². The Hall–Kier alpha value is -0.610. The lowest BCUT2D eigenvalue weighted by molar-refractivity contribution is -0.137. The van der Waals surface area contributed by atoms with Gasteiger partial charge in [-0.1, -0.05) is 6.42 Å². The Labute approximate surface area is 97.3 Å². The highest BCUT2D eigenvalue weighted by Crippen LogP contribution is 2.16. The Morgan fingerprint density at radius 2 is 2.19 bits per heavy atom. The lowest BCUT2D eigenvalue weighted by atomic mass is 10.0. The Bertz CT molecular complexity index is 239. The van der Waals surface area contributed by atoms with Gasteiger partial charge in [0.05, 0.1) is 12.1 Å². The van der Waals surface area contributed by atoms with E-state index in [-0.39, 0.29) is 18.1 Å². The summed E-state index contributed by atoms with van der Waals surface area (Å²) in [4.78, 5) is 14.2. The smallest absolute Gasteiger partial charge is 0.239 e. The summed E-state index contributed by atoms with van der Waals surface area (Å²) in [6, 6.07) is 0.0596. The number of carbonyl (C=O) groups is 1. The molecular weight excluding hydrogens is 204 g/mol. The monoisotopic (exact) mass is 226 g/mol. The van der Waals surface area contributed by atoms with Gasteiger partial charge in [-0.2, -0.15) is 0 Å². The maximum atomic E-state index is 12.2. The molecule has 0 aliphatic carbocycles. The van der Waals surface area contributed by atoms with Gasteiger partial charge in [0.2, 0.25) is 5.91 Å². The third-order valence-corrected chi connectivity index (χ3v) is 3.63. The van der Waals surface area contributed by atoms with Crippen molar-refractivity contribution in [1.82, 2.24) is 10.2 Å². The topological polar surface area (TPSA) is 41.6 Å². The lowest BCUT2D eigenvalue weighted by Crippen LogP contribution is -2.52. The van der Waals surface area contributed by atoms with E-state index in [1.165, 1.54) is 12.8 Å². The number of carbonyl (C=O) groups excluding carboxylic acids is 1. The Morgan fingerprint density at radius 1 is 1.31 bits per heavy atom. The van der Waals surface area contributed by atoms with Crippen molar-refractivity contribution in [3.63, 3.8) is 0 Å². The molecule has 1 N–H and O–H groups in total. The van der Waals surface area contributed by atoms with E-state index in [1.54, 1.807) is 7.11 Å². The van der Waals surface area contributed by atoms with Crippen molar-refractivity contribution < 1.29 is 9.53 Å². The van der Waals surface area contributed by atoms with Crippen LogP contribution in [0, 0.1) is 0 Å². The van der Waals surface area contributed by atoms with Crippen LogP contribution in [0.4, 0.5) is 0 Å². The second-order valence-corrected chi connectivity index (χ2v) is 4.79. The predicted molar refractivity (Wildman–Crippen MR) is 62.3 cm³/mol. The summed E-state index contributed by atoms with van der Waals surface area (Å²) in [6.45, 7) is 2.66. The molecule has 2 saturated heterocycles. The van der Waals surface area contributed by atoms with E-state index in [1.807, 2.05) is 4.90 Å². The summed E-state index contributed by atoms with van der Waals surface area (Å²) in [5, 5.41) is 3.32. The molecule has 0 bridgehead atoms. The third kappa shape index (κ3) is 2.74. The Balaban J connectivity index is 1.87. The number of amides is 1. The highest BCUT2D eigenvalue weighted by molar-refractivity contribution is 5.82. The highest BCUT2D eigenvalue weighted by atomic mass is 16.5. The minimum absolute atomic E-state index is 0.0596. The van der Waals surface area contributed by atoms with Crippen LogP contribution in [-0.4, -0.2) is 49.7 Å². The number of rotatable bonds is 2. The van der Waals surface area contributed by atoms with Crippen LogP contribution in [0.1, 0.15) is 32.1 Å². The lowest BCUT2D eigenvalue weighted by Gasteiger charge is -2.35. The standard InChI is InChI=1S/C12H22N2O2/c1-16-10-5-4-8-14(9-10)12(15)11-6-2-3-7-13-11/h10-11,13H,2-9H2,1H3/t10-,11+/m1/s1. The van der Waals surface area contributed by atoms with E-state index in [0.29, 0.717) is 0 Å². The van der Waals surface area contributed by atoms with Crippen molar-refractivity contribution >= 4 is 5.91 Å². The first-order valence-electron chi connectivity index (χ1n) is 6.36. The number of nitrogens with one attached hydrogen (secondary N) is 1. The number of nitrogens with zero attached hydrogens (tertiary/aromatic N) is 1. The summed E-state index contributed by atoms with van der Waals surface area (Å²) in [6.07, 6.45) is 5.75. The molecule has 0 aromatic heterocycles. The molecule has 0 saturated carbocycles. The largest absolute Gasteiger partial charge is 0.380 e. The number of piperidine rings is 2. The number of methoxy groups -OCH3 is 1. The molecule has 16 heavy (non-hydrogen) atoms. The Kier molecular flexibility index (Phi) is 4.18. The second-order valence-electron chi connectivity index (χ2n) is 4.79. The molecule has 0 unspecified atom stereocenters. The predicted octanol–water partition coefficient (Wildman–Crippen LogP) is 0.766. The molecule has 4 nitrogen and oxygen atoms in total. The zero-order valence-corrected chi connectivity index (χ0v) is 10.1. The van der Waals surface area contributed by atoms with E-state index in [4.69, 9.17) is 4.74 Å². The van der Waals surface area contributed by atoms with Gasteiger partial charge in [0.25, 0.3) is 0 Å². The molecule has 4 heteroatoms. The van der Waals surface area contributed by atoms with E-state index in [2.05, 4.69) is 5.32 Å². The van der Waals surface area contributed by atoms with Crippen molar-refractivity contribution in [2.75, 3.05) is 26.7 Å². The van der Waals surface area contributed by atoms with Crippen molar-refractivity contribution in [1.29, 1.82) is 0 Å². The summed E-state index contributed by atoms with van der Waals surface area (Å²) >= 11 is 0. The SMILES string of the molecule is CO[C@@H]1CCCN(C(=O)[C@@H]2CCCCN2)C1. The van der Waals surface area contributed by atoms with Crippen LogP contribution in [0.15, 0.2) is 0 Å². The first-order valence-corrected chi connectivity index (χ1v) is 6.36. The van der Waals surface area contributed by atoms with Gasteiger partial charge in [0.1, 0.15) is 0 Å². The fraction of sp³-hybridized carbons (Fsp3) is 0.917. The van der Waals surface area contributed by atoms with Crippen LogP contribution < -0.4 is 5.32 Å². The number of hydrogen-bond donors (Lipinski definition) is 1. The van der Waals surface area contributed by atoms with Crippen LogP contribution in [0.2, 0.25) is 0 Å². The minimum atomic E-state index is 0.0596. The average molecular weight is 226 g/mol. The molecule has 92 valence electrons. The molecule has 2 aliphatic heterocycles. The van der Waals surface area contributed by atoms with E-state index in [0.717, 1.165) is 38.9 Å². The number of hydrogen-bond acceptors (Lipinski definition) is 3. The normalized spacial score (nSPS) is 31.4. The molecule has 2 fully saturated rings. The Morgan fingerprint density at radius 3 is 2.88 bits per heavy atom. The zero-order chi connectivity index (χ0) is 11.4. The molecule has 0 aromatic rings. The van der Waals surface area contributed by atoms with Gasteiger partial charge in [-0.25, -0.2) is 0 Å². The molecule has 0 aromatic carbocycles. The highest BCUT2D eigenvalue weighted by Gasteiger charge is 2.29. The van der Waals surface area contributed by atoms with Crippen LogP contribution >= 0.6 is 0 Å². The molecule has 2 atom stereocenters. The molecule has 2 rings (SSSR count). The van der Waals surface area contributed by atoms with Crippen LogP contribution in [0.25, 0.3) is 0 Å². The van der Waals surface area contributed by atoms with Crippen LogP contribution in [0.5, 0.6) is 0 Å². The van der Waals surface area contributed by atoms with Crippen LogP contribution in [-0.2, 0) is 9.53 Å². The summed E-state index contributed by atoms with van der Waals surface area (Å²) in [7, 11) is 1.73. The van der Waals surface area contributed by atoms with Crippen molar-refractivity contribution in [3.8, 4) is 0 Å². The molecule has 0 spiro atoms. The van der Waals surface area contributed by atoms with Crippen molar-refractivity contribution in [2.24, 2.45) is 0 Å². The minimum Gasteiger partial charge on any atom is -0.380 e. The van der Waals surface area contributed by atoms with E-state index < -0.39 is 0 Å². The van der Waals surface area contributed by atoms with E-state index >= 15 is 0 Å². The quantitative estimate of drug-likeness (QED) is 0.756. The first kappa shape index (κ1) is 11.9. The van der Waals surface area contributed by atoms with Gasteiger partial charge < -0.3 is 15.0 Å². The maximum Gasteiger partial charge on any atom is 0.239 e. The number of likely N-dealkylation sites (tertiary alicyclic amines) is 1. The van der Waals surface area contributed by atoms with Gasteiger partial charge in [-0.05, 0) is 32.2 Å². The first-order chi connectivity index (χ1) is 7.81. The van der Waals surface area contributed by atoms with Gasteiger partial charge in [-0.3, -0.25) is 4.79 Å². The molecular formula is C12H22N2O2. The summed E-state index contributed by atoms with van der Waals surface area (Å²) in [5.74, 6) is 0.279. The molecule has 1 amide bonds. The molecule has 0 radical (unpaired) electrons. The van der Waals surface area contributed by atoms with Crippen molar-refractivity contribution in [3.05, 3.63) is 0 Å². The molecule has 2 heterocycles. The van der Waals surface area contributed by atoms with E-state index in [9.17, 15) is 4.79 Å². The average Bonchev–Trinajstić information content (AvgIpc) is 2.39. The van der Waals surface area contributed by atoms with Gasteiger partial charge >= 0.3 is 0 Å². The summed E-state index contributed by atoms with van der Waals surface area (Å²) in [5.41, 5.74) is 0. The number of ether oxygens (including phenoxy) is 1. The fourth-order valence-corrected chi connectivity index (χ4v) is 2.61. The second kappa shape index (κ2) is 5.64. The molecule has 2 aliphatic rings.